The molecule has 12 heavy (non-hydrogen) atoms. The molecule has 0 saturated carbocycles. The lowest BCUT2D eigenvalue weighted by atomic mass is 10.3. The Morgan fingerprint density at radius 2 is 2.33 bits per heavy atom. The maximum atomic E-state index is 5.73. The van der Waals surface area contributed by atoms with Crippen molar-refractivity contribution in [1.82, 2.24) is 9.97 Å². The molecule has 3 nitrogen and oxygen atoms in total. The standard InChI is InChI=1S/C7H4BrClN2O/c1-12-7-5(2-3-8)6(9)10-4-11-7/h4H,1H3. The van der Waals surface area contributed by atoms with E-state index in [4.69, 9.17) is 16.3 Å². The Morgan fingerprint density at radius 3 is 2.92 bits per heavy atom. The van der Waals surface area contributed by atoms with Crippen LogP contribution in [0.5, 0.6) is 5.88 Å². The van der Waals surface area contributed by atoms with Gasteiger partial charge in [-0.15, -0.1) is 0 Å². The average Bonchev–Trinajstić information content (AvgIpc) is 2.09. The molecule has 0 aliphatic rings. The summed E-state index contributed by atoms with van der Waals surface area (Å²) in [7, 11) is 1.50. The van der Waals surface area contributed by atoms with Crippen LogP contribution in [0.25, 0.3) is 0 Å². The van der Waals surface area contributed by atoms with E-state index in [9.17, 15) is 0 Å². The Bertz CT molecular complexity index is 345. The second kappa shape index (κ2) is 4.29. The summed E-state index contributed by atoms with van der Waals surface area (Å²) in [6, 6.07) is 0. The number of rotatable bonds is 1. The minimum Gasteiger partial charge on any atom is -0.480 e. The lowest BCUT2D eigenvalue weighted by Crippen LogP contribution is -1.93. The molecule has 1 rings (SSSR count). The molecule has 0 spiro atoms. The van der Waals surface area contributed by atoms with Crippen LogP contribution in [0.1, 0.15) is 5.56 Å². The van der Waals surface area contributed by atoms with E-state index in [0.29, 0.717) is 11.4 Å². The van der Waals surface area contributed by atoms with Crippen LogP contribution in [0, 0.1) is 10.8 Å². The largest absolute Gasteiger partial charge is 0.480 e. The smallest absolute Gasteiger partial charge is 0.233 e. The molecule has 0 bridgehead atoms. The van der Waals surface area contributed by atoms with E-state index in [-0.39, 0.29) is 5.15 Å². The Kier molecular flexibility index (Phi) is 3.32. The van der Waals surface area contributed by atoms with Crippen molar-refractivity contribution >= 4 is 27.5 Å². The minimum atomic E-state index is 0.286. The van der Waals surface area contributed by atoms with E-state index in [1.807, 2.05) is 0 Å². The van der Waals surface area contributed by atoms with Gasteiger partial charge in [-0.3, -0.25) is 0 Å². The summed E-state index contributed by atoms with van der Waals surface area (Å²) in [6.45, 7) is 0. The zero-order valence-corrected chi connectivity index (χ0v) is 8.48. The summed E-state index contributed by atoms with van der Waals surface area (Å²) in [4.78, 5) is 10.1. The van der Waals surface area contributed by atoms with Crippen LogP contribution in [0.4, 0.5) is 0 Å². The molecule has 0 amide bonds. The molecule has 0 aliphatic heterocycles. The highest BCUT2D eigenvalue weighted by Crippen LogP contribution is 2.19. The van der Waals surface area contributed by atoms with Crippen LogP contribution in [0.15, 0.2) is 6.33 Å². The van der Waals surface area contributed by atoms with Crippen LogP contribution in [-0.4, -0.2) is 17.1 Å². The summed E-state index contributed by atoms with van der Waals surface area (Å²) in [6.07, 6.45) is 1.32. The number of ether oxygens (including phenoxy) is 1. The van der Waals surface area contributed by atoms with Crippen LogP contribution < -0.4 is 4.74 Å². The van der Waals surface area contributed by atoms with Gasteiger partial charge in [0.25, 0.3) is 0 Å². The highest BCUT2D eigenvalue weighted by atomic mass is 79.9. The quantitative estimate of drug-likeness (QED) is 0.561. The van der Waals surface area contributed by atoms with Crippen LogP contribution in [-0.2, 0) is 0 Å². The predicted molar refractivity (Wildman–Crippen MR) is 49.4 cm³/mol. The molecule has 0 N–H and O–H groups in total. The molecule has 0 atom stereocenters. The van der Waals surface area contributed by atoms with Gasteiger partial charge in [0.2, 0.25) is 5.88 Å². The summed E-state index contributed by atoms with van der Waals surface area (Å²) < 4.78 is 4.92. The summed E-state index contributed by atoms with van der Waals surface area (Å²) in [5, 5.41) is 0.286. The van der Waals surface area contributed by atoms with Crippen molar-refractivity contribution in [3.63, 3.8) is 0 Å². The zero-order chi connectivity index (χ0) is 8.97. The van der Waals surface area contributed by atoms with Gasteiger partial charge in [-0.1, -0.05) is 11.6 Å². The first-order valence-electron chi connectivity index (χ1n) is 2.95. The highest BCUT2D eigenvalue weighted by molar-refractivity contribution is 9.12. The number of nitrogens with zero attached hydrogens (tertiary/aromatic N) is 2. The maximum absolute atomic E-state index is 5.73. The normalized spacial score (nSPS) is 8.58. The third-order valence-electron chi connectivity index (χ3n) is 1.13. The Balaban J connectivity index is 3.26. The molecule has 0 aromatic carbocycles. The number of hydrogen-bond donors (Lipinski definition) is 0. The van der Waals surface area contributed by atoms with E-state index in [2.05, 4.69) is 36.6 Å². The fourth-order valence-electron chi connectivity index (χ4n) is 0.656. The van der Waals surface area contributed by atoms with Gasteiger partial charge in [0.05, 0.1) is 7.11 Å². The highest BCUT2D eigenvalue weighted by Gasteiger charge is 2.06. The van der Waals surface area contributed by atoms with Gasteiger partial charge in [-0.05, 0) is 10.8 Å². The van der Waals surface area contributed by atoms with Crippen molar-refractivity contribution in [3.8, 4) is 16.6 Å². The summed E-state index contributed by atoms with van der Waals surface area (Å²) >= 11 is 8.69. The molecule has 0 aliphatic carbocycles. The first kappa shape index (κ1) is 9.30. The summed E-state index contributed by atoms with van der Waals surface area (Å²) in [5.74, 6) is 3.06. The fraction of sp³-hybridized carbons (Fsp3) is 0.143. The van der Waals surface area contributed by atoms with Gasteiger partial charge in [0.15, 0.2) is 5.15 Å². The maximum Gasteiger partial charge on any atom is 0.233 e. The number of aromatic nitrogens is 2. The van der Waals surface area contributed by atoms with E-state index in [1.165, 1.54) is 13.4 Å². The van der Waals surface area contributed by atoms with E-state index < -0.39 is 0 Å². The lowest BCUT2D eigenvalue weighted by Gasteiger charge is -2.00. The third kappa shape index (κ3) is 1.87. The van der Waals surface area contributed by atoms with Crippen molar-refractivity contribution in [2.75, 3.05) is 7.11 Å². The van der Waals surface area contributed by atoms with Crippen LogP contribution in [0.3, 0.4) is 0 Å². The van der Waals surface area contributed by atoms with Crippen molar-refractivity contribution in [2.45, 2.75) is 0 Å². The van der Waals surface area contributed by atoms with Gasteiger partial charge in [-0.25, -0.2) is 9.97 Å². The van der Waals surface area contributed by atoms with Gasteiger partial charge in [0.1, 0.15) is 11.9 Å². The van der Waals surface area contributed by atoms with Crippen LogP contribution in [0.2, 0.25) is 5.15 Å². The molecule has 1 aromatic heterocycles. The number of halogens is 2. The Hall–Kier alpha value is -0.790. The minimum absolute atomic E-state index is 0.286. The van der Waals surface area contributed by atoms with Gasteiger partial charge >= 0.3 is 0 Å². The molecule has 1 aromatic rings. The van der Waals surface area contributed by atoms with Gasteiger partial charge in [-0.2, -0.15) is 0 Å². The predicted octanol–water partition coefficient (Wildman–Crippen LogP) is 1.84. The van der Waals surface area contributed by atoms with Crippen molar-refractivity contribution in [3.05, 3.63) is 17.0 Å². The molecular formula is C7H4BrClN2O. The molecule has 62 valence electrons. The lowest BCUT2D eigenvalue weighted by molar-refractivity contribution is 0.395. The monoisotopic (exact) mass is 246 g/mol. The molecule has 1 heterocycles. The van der Waals surface area contributed by atoms with Crippen molar-refractivity contribution in [1.29, 1.82) is 0 Å². The first-order chi connectivity index (χ1) is 5.79. The van der Waals surface area contributed by atoms with Crippen LogP contribution >= 0.6 is 27.5 Å². The molecule has 5 heteroatoms. The first-order valence-corrected chi connectivity index (χ1v) is 4.12. The molecule has 0 radical (unpaired) electrons. The Labute approximate surface area is 83.2 Å². The number of hydrogen-bond acceptors (Lipinski definition) is 3. The zero-order valence-electron chi connectivity index (χ0n) is 6.14. The van der Waals surface area contributed by atoms with Crippen molar-refractivity contribution in [2.24, 2.45) is 0 Å². The topological polar surface area (TPSA) is 35.0 Å². The fourth-order valence-corrected chi connectivity index (χ4v) is 1.03. The molecule has 0 fully saturated rings. The van der Waals surface area contributed by atoms with Crippen molar-refractivity contribution < 1.29 is 4.74 Å². The van der Waals surface area contributed by atoms with E-state index >= 15 is 0 Å². The van der Waals surface area contributed by atoms with E-state index in [1.54, 1.807) is 0 Å². The second-order valence-electron chi connectivity index (χ2n) is 1.77. The van der Waals surface area contributed by atoms with Gasteiger partial charge in [0, 0.05) is 15.9 Å². The molecule has 0 saturated heterocycles. The number of methoxy groups -OCH3 is 1. The SMILES string of the molecule is COc1ncnc(Cl)c1C#CBr. The van der Waals surface area contributed by atoms with E-state index in [0.717, 1.165) is 0 Å². The Morgan fingerprint density at radius 1 is 1.58 bits per heavy atom. The molecular weight excluding hydrogens is 243 g/mol. The van der Waals surface area contributed by atoms with Gasteiger partial charge < -0.3 is 4.74 Å². The summed E-state index contributed by atoms with van der Waals surface area (Å²) in [5.41, 5.74) is 0.485. The average molecular weight is 247 g/mol. The molecule has 0 unspecified atom stereocenters. The third-order valence-corrected chi connectivity index (χ3v) is 1.62. The second-order valence-corrected chi connectivity index (χ2v) is 2.52.